The number of unbranched alkanes of at least 4 members (excludes halogenated alkanes) is 1. The molecule has 695 valence electrons. The number of benzene rings is 1. The van der Waals surface area contributed by atoms with Crippen LogP contribution in [0.5, 0.6) is 0 Å². The zero-order valence-electron chi connectivity index (χ0n) is 75.3. The number of hydroxylamine groups is 2. The maximum Gasteiger partial charge on any atom is 0.243 e. The molecule has 0 unspecified atom stereocenters. The molecule has 0 saturated carbocycles. The van der Waals surface area contributed by atoms with Crippen molar-refractivity contribution < 1.29 is 82.2 Å². The number of nitrogens with two attached hydrogens (primary N) is 5. The van der Waals surface area contributed by atoms with Crippen LogP contribution in [0.1, 0.15) is 201 Å². The van der Waals surface area contributed by atoms with Crippen molar-refractivity contribution in [3.8, 4) is 0 Å². The monoisotopic (exact) mass is 1770 g/mol. The van der Waals surface area contributed by atoms with E-state index in [-0.39, 0.29) is 99.8 Å². The van der Waals surface area contributed by atoms with E-state index in [2.05, 4.69) is 79.4 Å². The Hall–Kier alpha value is -9.22. The van der Waals surface area contributed by atoms with Crippen molar-refractivity contribution in [2.75, 3.05) is 44.3 Å². The van der Waals surface area contributed by atoms with E-state index in [1.165, 1.54) is 28.5 Å². The number of carbonyl (C=O) groups is 15. The van der Waals surface area contributed by atoms with E-state index < -0.39 is 216 Å². The first kappa shape index (κ1) is 110. The van der Waals surface area contributed by atoms with E-state index >= 15 is 0 Å². The van der Waals surface area contributed by atoms with Crippen LogP contribution in [0.4, 0.5) is 0 Å². The van der Waals surface area contributed by atoms with Gasteiger partial charge in [-0.1, -0.05) is 161 Å². The molecule has 1 radical (unpaired) electrons. The van der Waals surface area contributed by atoms with Crippen LogP contribution in [0, 0.1) is 41.4 Å². The zero-order chi connectivity index (χ0) is 93.5. The first-order chi connectivity index (χ1) is 57.4. The number of aliphatic hydroxyl groups excluding tert-OH is 1. The van der Waals surface area contributed by atoms with Crippen molar-refractivity contribution in [3.05, 3.63) is 47.5 Å². The molecule has 0 aliphatic carbocycles. The van der Waals surface area contributed by atoms with Crippen LogP contribution in [0.3, 0.4) is 0 Å². The van der Waals surface area contributed by atoms with Gasteiger partial charge in [-0.15, -0.1) is 10.3 Å². The maximum absolute atomic E-state index is 14.9. The molecular weight excluding hydrogens is 1630 g/mol. The molecule has 14 atom stereocenters. The van der Waals surface area contributed by atoms with Gasteiger partial charge >= 0.3 is 0 Å². The number of aliphatic hydroxyl groups is 1. The number of primary amides is 1. The quantitative estimate of drug-likeness (QED) is 0.0127. The molecule has 0 spiro atoms. The maximum atomic E-state index is 14.9. The predicted molar refractivity (Wildman–Crippen MR) is 473 cm³/mol. The normalized spacial score (nSPS) is 16.5. The smallest absolute Gasteiger partial charge is 0.243 e. The summed E-state index contributed by atoms with van der Waals surface area (Å²) in [6, 6.07) is -7.93. The Bertz CT molecular complexity index is 3720. The number of hydrogen-bond donors (Lipinski definition) is 20. The first-order valence-corrected chi connectivity index (χ1v) is 45.0. The molecule has 1 aromatic carbocycles. The van der Waals surface area contributed by atoms with E-state index in [0.717, 1.165) is 16.2 Å². The lowest BCUT2D eigenvalue weighted by Crippen LogP contribution is -2.61. The number of aliphatic imine (C=N–C) groups is 1. The lowest BCUT2D eigenvalue weighted by atomic mass is 9.95. The molecule has 1 aromatic rings. The van der Waals surface area contributed by atoms with Crippen LogP contribution in [-0.2, 0) is 83.5 Å². The van der Waals surface area contributed by atoms with E-state index in [9.17, 15) is 82.2 Å². The highest BCUT2D eigenvalue weighted by molar-refractivity contribution is 8.76. The van der Waals surface area contributed by atoms with Gasteiger partial charge < -0.3 is 108 Å². The van der Waals surface area contributed by atoms with Gasteiger partial charge in [0, 0.05) is 24.5 Å². The summed E-state index contributed by atoms with van der Waals surface area (Å²) < 4.78 is 0. The van der Waals surface area contributed by atoms with Crippen molar-refractivity contribution >= 4 is 116 Å². The molecule has 0 bridgehead atoms. The largest absolute Gasteiger partial charge is 0.394 e. The Morgan fingerprint density at radius 3 is 1.28 bits per heavy atom. The highest BCUT2D eigenvalue weighted by Crippen LogP contribution is 2.41. The van der Waals surface area contributed by atoms with Crippen molar-refractivity contribution in [3.63, 3.8) is 0 Å². The van der Waals surface area contributed by atoms with E-state index in [0.29, 0.717) is 25.0 Å². The average Bonchev–Trinajstić information content (AvgIpc) is 1.61. The number of carbonyl (C=O) groups excluding carboxylic acids is 15. The molecule has 1 aliphatic heterocycles. The first-order valence-electron chi connectivity index (χ1n) is 42.5. The molecule has 0 fully saturated rings. The van der Waals surface area contributed by atoms with Gasteiger partial charge in [0.05, 0.1) is 30.8 Å². The molecule has 0 aromatic heterocycles. The minimum absolute atomic E-state index is 0.00574. The van der Waals surface area contributed by atoms with Crippen LogP contribution in [0.25, 0.3) is 0 Å². The van der Waals surface area contributed by atoms with E-state index in [1.54, 1.807) is 127 Å². The van der Waals surface area contributed by atoms with Gasteiger partial charge in [0.25, 0.3) is 0 Å². The van der Waals surface area contributed by atoms with Gasteiger partial charge in [0.2, 0.25) is 88.6 Å². The van der Waals surface area contributed by atoms with Crippen LogP contribution in [0.2, 0.25) is 0 Å². The Morgan fingerprint density at radius 2 is 0.862 bits per heavy atom. The molecular formula is C83H144N21O17S2. The van der Waals surface area contributed by atoms with Crippen molar-refractivity contribution in [2.45, 2.75) is 292 Å². The summed E-state index contributed by atoms with van der Waals surface area (Å²) >= 11 is 0. The summed E-state index contributed by atoms with van der Waals surface area (Å²) in [4.78, 5) is 214. The summed E-state index contributed by atoms with van der Waals surface area (Å²) in [6.07, 6.45) is 3.28. The lowest BCUT2D eigenvalue weighted by Gasteiger charge is -2.33. The van der Waals surface area contributed by atoms with Crippen LogP contribution >= 0.6 is 21.6 Å². The zero-order valence-corrected chi connectivity index (χ0v) is 76.9. The van der Waals surface area contributed by atoms with Gasteiger partial charge in [0.1, 0.15) is 78.5 Å². The van der Waals surface area contributed by atoms with E-state index in [1.807, 2.05) is 33.8 Å². The molecule has 123 heavy (non-hydrogen) atoms. The topological polar surface area (TPSA) is 610 Å². The molecule has 0 saturated heterocycles. The molecule has 1 heterocycles. The van der Waals surface area contributed by atoms with Gasteiger partial charge in [-0.05, 0) is 152 Å². The van der Waals surface area contributed by atoms with Crippen LogP contribution in [-0.4, -0.2) is 239 Å². The van der Waals surface area contributed by atoms with Gasteiger partial charge in [-0.25, -0.2) is 0 Å². The molecule has 25 N–H and O–H groups in total. The fraction of sp³-hybridized carbons (Fsp3) is 0.711. The molecule has 15 amide bonds. The minimum atomic E-state index is -1.41. The third-order valence-corrected chi connectivity index (χ3v) is 22.8. The van der Waals surface area contributed by atoms with Crippen LogP contribution < -0.4 is 103 Å². The van der Waals surface area contributed by atoms with Gasteiger partial charge in [-0.2, -0.15) is 0 Å². The number of amides is 15. The standard InChI is InChI=1S/C83H144N21O17S2/c1-20-50(14)67(103-73(113)56(30-26-32-89-81(87)88)96-74(114)58(33-44(2)3)94-64(107)40-91-71(111)62(100-79(119)66(49(12)13)101-70(110)54(85)41-105)43-123-122-42-53-38-82(16,17)104(121)83(53,18)19)80(120)99-61(36-47(8)9)77(117)98-60(35-46(6)7)76(116)97-59(34-45(4)5)75(115)95-55(29-24-25-31-84)72(112)102-65(48(10)11)78(118)92-51(15)69(109)90-39-63(106)93-57(68(86)108)37-52-27-22-21-23-28-52/h21-23,27-28,38,44-51,54-62,65-67,105H,20,24-26,29-37,39-43,84-85H2,1-19H3,(H2,86,108)(H,90,109)(H,91,111)(H,92,118)(H,93,106)(H,94,107)(H,95,115)(H,96,114)(H,97,116)(H,98,117)(H,99,120)(H,100,119)(H,101,110)(H,102,112)(H,103,113)(H4,87,88,89)/t50-,51-,54-,55-,56-,57-,58-,59-,60-,61-,62-,65-,66-,67-/m0/s1. The summed E-state index contributed by atoms with van der Waals surface area (Å²) in [7, 11) is 2.53. The highest BCUT2D eigenvalue weighted by atomic mass is 33.1. The molecule has 40 heteroatoms. The predicted octanol–water partition coefficient (Wildman–Crippen LogP) is -0.645. The summed E-state index contributed by atoms with van der Waals surface area (Å²) in [5.41, 5.74) is 28.4. The third-order valence-electron chi connectivity index (χ3n) is 20.4. The number of nitrogens with zero attached hydrogens (tertiary/aromatic N) is 2. The second-order valence-corrected chi connectivity index (χ2v) is 37.5. The second-order valence-electron chi connectivity index (χ2n) is 35.0. The van der Waals surface area contributed by atoms with Crippen molar-refractivity contribution in [1.82, 2.24) is 79.5 Å². The fourth-order valence-corrected chi connectivity index (χ4v) is 15.7. The van der Waals surface area contributed by atoms with Gasteiger partial charge in [0.15, 0.2) is 5.96 Å². The average molecular weight is 1770 g/mol. The number of guanidine groups is 1. The minimum Gasteiger partial charge on any atom is -0.394 e. The molecule has 38 nitrogen and oxygen atoms in total. The lowest BCUT2D eigenvalue weighted by molar-refractivity contribution is -0.238. The second kappa shape index (κ2) is 54.5. The summed E-state index contributed by atoms with van der Waals surface area (Å²) in [6.45, 7) is 31.3. The highest BCUT2D eigenvalue weighted by Gasteiger charge is 2.47. The fourth-order valence-electron chi connectivity index (χ4n) is 13.3. The Kier molecular flexibility index (Phi) is 48.7. The number of hydrogen-bond acceptors (Lipinski definition) is 22. The molecule has 2 rings (SSSR count). The van der Waals surface area contributed by atoms with Crippen molar-refractivity contribution in [2.24, 2.45) is 75.1 Å². The summed E-state index contributed by atoms with van der Waals surface area (Å²) in [5, 5.41) is 61.0. The van der Waals surface area contributed by atoms with Crippen LogP contribution in [0.15, 0.2) is 47.0 Å². The third kappa shape index (κ3) is 39.7. The number of nitrogens with one attached hydrogen (secondary N) is 14. The number of rotatable bonds is 57. The SMILES string of the molecule is CC[C@H](C)[C@H](NC(=O)[C@H](CCCN=C(N)N)NC(=O)[C@H](CC(C)C)NC(=O)CNC(=O)[C@H](CSSCC1=CC(C)(C)N([O])C1(C)C)NC(=O)[C@@H](NC(=O)[C@@H](N)CO)C(C)C)C(=O)N[C@@H](CC(C)C)C(=O)N[C@@H](CC(C)C)C(=O)N[C@@H](CC(C)C)C(=O)N[C@@H](CCCCN)C(=O)N[C@H](C(=O)N[C@@H](C)C(=O)NCC(=O)N[C@@H](Cc1ccccc1)C(N)=O)C(C)C. The Morgan fingerprint density at radius 1 is 0.463 bits per heavy atom. The Labute approximate surface area is 733 Å². The van der Waals surface area contributed by atoms with Crippen molar-refractivity contribution in [1.29, 1.82) is 0 Å². The molecule has 1 aliphatic rings. The summed E-state index contributed by atoms with van der Waals surface area (Å²) in [5.74, 6) is -14.5. The Balaban J connectivity index is 2.45. The van der Waals surface area contributed by atoms with Gasteiger partial charge in [-0.3, -0.25) is 76.9 Å². The van der Waals surface area contributed by atoms with E-state index in [4.69, 9.17) is 28.7 Å².